The van der Waals surface area contributed by atoms with E-state index in [4.69, 9.17) is 10.4 Å². The maximum atomic E-state index is 9.01. The highest BCUT2D eigenvalue weighted by Crippen LogP contribution is 2.13. The van der Waals surface area contributed by atoms with Crippen molar-refractivity contribution >= 4 is 17.0 Å². The Morgan fingerprint density at radius 2 is 2.36 bits per heavy atom. The molecule has 4 nitrogen and oxygen atoms in total. The van der Waals surface area contributed by atoms with Gasteiger partial charge in [0.2, 0.25) is 0 Å². The van der Waals surface area contributed by atoms with E-state index in [-0.39, 0.29) is 23.6 Å². The quantitative estimate of drug-likeness (QED) is 0.765. The van der Waals surface area contributed by atoms with Crippen LogP contribution >= 0.6 is 17.0 Å². The number of unbranched alkanes of at least 4 members (excludes halogenated alkanes) is 1. The number of aliphatic hydroxyl groups excluding tert-OH is 1. The highest BCUT2D eigenvalue weighted by atomic mass is 79.9. The lowest BCUT2D eigenvalue weighted by Crippen LogP contribution is -2.27. The zero-order valence-electron chi connectivity index (χ0n) is 8.31. The van der Waals surface area contributed by atoms with Gasteiger partial charge in [0.05, 0.1) is 25.0 Å². The van der Waals surface area contributed by atoms with E-state index in [9.17, 15) is 0 Å². The molecule has 0 aromatic heterocycles. The van der Waals surface area contributed by atoms with Gasteiger partial charge in [-0.15, -0.1) is 17.0 Å². The molecule has 5 heteroatoms. The fourth-order valence-corrected chi connectivity index (χ4v) is 1.44. The number of hydrogen-bond acceptors (Lipinski definition) is 4. The first-order chi connectivity index (χ1) is 6.27. The van der Waals surface area contributed by atoms with E-state index in [2.05, 4.69) is 11.0 Å². The lowest BCUT2D eigenvalue weighted by atomic mass is 10.3. The second-order valence-corrected chi connectivity index (χ2v) is 3.20. The number of aliphatic hydroxyl groups is 1. The molecule has 0 spiro atoms. The van der Waals surface area contributed by atoms with Crippen molar-refractivity contribution in [2.45, 2.75) is 12.8 Å². The normalized spacial score (nSPS) is 14.8. The van der Waals surface area contributed by atoms with Crippen LogP contribution in [0, 0.1) is 11.3 Å². The molecule has 0 saturated heterocycles. The molecule has 0 fully saturated rings. The van der Waals surface area contributed by atoms with Gasteiger partial charge in [-0.3, -0.25) is 0 Å². The molecule has 80 valence electrons. The summed E-state index contributed by atoms with van der Waals surface area (Å²) in [4.78, 5) is 4.12. The Morgan fingerprint density at radius 3 is 2.93 bits per heavy atom. The van der Waals surface area contributed by atoms with Gasteiger partial charge in [-0.1, -0.05) is 0 Å². The van der Waals surface area contributed by atoms with Crippen LogP contribution in [0.3, 0.4) is 0 Å². The van der Waals surface area contributed by atoms with Crippen molar-refractivity contribution in [2.75, 3.05) is 26.9 Å². The average molecular weight is 262 g/mol. The van der Waals surface area contributed by atoms with Crippen molar-refractivity contribution in [3.8, 4) is 6.07 Å². The van der Waals surface area contributed by atoms with E-state index in [0.29, 0.717) is 6.42 Å². The van der Waals surface area contributed by atoms with Gasteiger partial charge < -0.3 is 14.9 Å². The second kappa shape index (κ2) is 6.68. The van der Waals surface area contributed by atoms with Gasteiger partial charge in [0.25, 0.3) is 0 Å². The van der Waals surface area contributed by atoms with Gasteiger partial charge in [0.15, 0.2) is 0 Å². The molecule has 0 saturated carbocycles. The van der Waals surface area contributed by atoms with E-state index in [1.54, 1.807) is 0 Å². The smallest absolute Gasteiger partial charge is 0.0894 e. The van der Waals surface area contributed by atoms with Gasteiger partial charge >= 0.3 is 0 Å². The molecule has 0 bridgehead atoms. The van der Waals surface area contributed by atoms with Crippen molar-refractivity contribution < 1.29 is 5.11 Å². The van der Waals surface area contributed by atoms with Crippen LogP contribution in [-0.4, -0.2) is 41.8 Å². The SMILES string of the molecule is Br.CN1C=C(CO)N(CCCC#N)C1. The molecule has 1 N–H and O–H groups in total. The van der Waals surface area contributed by atoms with Crippen LogP contribution in [0.5, 0.6) is 0 Å². The molecule has 1 rings (SSSR count). The summed E-state index contributed by atoms with van der Waals surface area (Å²) in [7, 11) is 1.97. The minimum atomic E-state index is 0. The highest BCUT2D eigenvalue weighted by molar-refractivity contribution is 8.93. The molecule has 0 amide bonds. The molecule has 0 unspecified atom stereocenters. The molecular formula is C9H16BrN3O. The molecule has 1 heterocycles. The molecular weight excluding hydrogens is 246 g/mol. The summed E-state index contributed by atoms with van der Waals surface area (Å²) in [6.45, 7) is 1.75. The van der Waals surface area contributed by atoms with Crippen LogP contribution in [0.25, 0.3) is 0 Å². The molecule has 0 atom stereocenters. The van der Waals surface area contributed by atoms with Crippen molar-refractivity contribution in [1.29, 1.82) is 5.26 Å². The van der Waals surface area contributed by atoms with Crippen molar-refractivity contribution in [1.82, 2.24) is 9.80 Å². The van der Waals surface area contributed by atoms with Crippen LogP contribution in [0.15, 0.2) is 11.9 Å². The van der Waals surface area contributed by atoms with Crippen LogP contribution in [-0.2, 0) is 0 Å². The Balaban J connectivity index is 0.00000169. The molecule has 1 aliphatic heterocycles. The predicted molar refractivity (Wildman–Crippen MR) is 59.7 cm³/mol. The van der Waals surface area contributed by atoms with Gasteiger partial charge in [-0.2, -0.15) is 5.26 Å². The van der Waals surface area contributed by atoms with E-state index >= 15 is 0 Å². The van der Waals surface area contributed by atoms with Gasteiger partial charge in [-0.05, 0) is 6.42 Å². The largest absolute Gasteiger partial charge is 0.390 e. The fourth-order valence-electron chi connectivity index (χ4n) is 1.44. The molecule has 1 aliphatic rings. The zero-order valence-corrected chi connectivity index (χ0v) is 10.0. The third-order valence-electron chi connectivity index (χ3n) is 2.05. The van der Waals surface area contributed by atoms with Crippen LogP contribution in [0.2, 0.25) is 0 Å². The number of hydrogen-bond donors (Lipinski definition) is 1. The molecule has 14 heavy (non-hydrogen) atoms. The molecule has 0 aromatic carbocycles. The standard InChI is InChI=1S/C9H15N3O.BrH/c1-11-6-9(7-13)12(8-11)5-3-2-4-10;/h6,13H,2-3,5,7-8H2,1H3;1H. The van der Waals surface area contributed by atoms with Gasteiger partial charge in [-0.25, -0.2) is 0 Å². The number of nitrogens with zero attached hydrogens (tertiary/aromatic N) is 3. The summed E-state index contributed by atoms with van der Waals surface area (Å²) in [6.07, 6.45) is 3.38. The average Bonchev–Trinajstić information content (AvgIpc) is 2.47. The first kappa shape index (κ1) is 13.3. The Labute approximate surface area is 95.2 Å². The lowest BCUT2D eigenvalue weighted by Gasteiger charge is -2.20. The fraction of sp³-hybridized carbons (Fsp3) is 0.667. The van der Waals surface area contributed by atoms with Crippen LogP contribution in [0.1, 0.15) is 12.8 Å². The van der Waals surface area contributed by atoms with E-state index in [1.165, 1.54) is 0 Å². The summed E-state index contributed by atoms with van der Waals surface area (Å²) in [5.41, 5.74) is 0.945. The predicted octanol–water partition coefficient (Wildman–Crippen LogP) is 0.907. The summed E-state index contributed by atoms with van der Waals surface area (Å²) < 4.78 is 0. The van der Waals surface area contributed by atoms with E-state index in [0.717, 1.165) is 25.3 Å². The summed E-state index contributed by atoms with van der Waals surface area (Å²) >= 11 is 0. The Hall–Kier alpha value is -0.730. The first-order valence-electron chi connectivity index (χ1n) is 4.41. The third-order valence-corrected chi connectivity index (χ3v) is 2.05. The van der Waals surface area contributed by atoms with Crippen LogP contribution < -0.4 is 0 Å². The van der Waals surface area contributed by atoms with Crippen molar-refractivity contribution in [3.05, 3.63) is 11.9 Å². The summed E-state index contributed by atoms with van der Waals surface area (Å²) in [5, 5.41) is 17.4. The molecule has 0 aliphatic carbocycles. The summed E-state index contributed by atoms with van der Waals surface area (Å²) in [5.74, 6) is 0. The third kappa shape index (κ3) is 3.56. The monoisotopic (exact) mass is 261 g/mol. The number of rotatable bonds is 4. The molecule has 0 aromatic rings. The number of halogens is 1. The zero-order chi connectivity index (χ0) is 9.68. The van der Waals surface area contributed by atoms with Gasteiger partial charge in [0.1, 0.15) is 0 Å². The maximum absolute atomic E-state index is 9.01. The van der Waals surface area contributed by atoms with Crippen molar-refractivity contribution in [3.63, 3.8) is 0 Å². The summed E-state index contributed by atoms with van der Waals surface area (Å²) in [6, 6.07) is 2.11. The molecule has 0 radical (unpaired) electrons. The highest BCUT2D eigenvalue weighted by Gasteiger charge is 2.16. The van der Waals surface area contributed by atoms with Gasteiger partial charge in [0, 0.05) is 26.2 Å². The van der Waals surface area contributed by atoms with E-state index < -0.39 is 0 Å². The Kier molecular flexibility index (Phi) is 6.34. The topological polar surface area (TPSA) is 50.5 Å². The minimum absolute atomic E-state index is 0. The second-order valence-electron chi connectivity index (χ2n) is 3.20. The minimum Gasteiger partial charge on any atom is -0.390 e. The first-order valence-corrected chi connectivity index (χ1v) is 4.41. The number of nitriles is 1. The Bertz CT molecular complexity index is 237. The van der Waals surface area contributed by atoms with E-state index in [1.807, 2.05) is 18.1 Å². The van der Waals surface area contributed by atoms with Crippen LogP contribution in [0.4, 0.5) is 0 Å². The van der Waals surface area contributed by atoms with Crippen molar-refractivity contribution in [2.24, 2.45) is 0 Å². The maximum Gasteiger partial charge on any atom is 0.0894 e. The lowest BCUT2D eigenvalue weighted by molar-refractivity contribution is 0.236. The Morgan fingerprint density at radius 1 is 1.64 bits per heavy atom.